The van der Waals surface area contributed by atoms with E-state index >= 15 is 0 Å². The minimum Gasteiger partial charge on any atom is -0.375 e. The number of fused-ring (bicyclic) bond motifs is 2. The van der Waals surface area contributed by atoms with Crippen LogP contribution in [0.15, 0.2) is 30.3 Å². The van der Waals surface area contributed by atoms with Crippen molar-refractivity contribution in [3.8, 4) is 0 Å². The van der Waals surface area contributed by atoms with E-state index in [1.54, 1.807) is 0 Å². The van der Waals surface area contributed by atoms with E-state index in [1.165, 1.54) is 5.56 Å². The van der Waals surface area contributed by atoms with E-state index in [9.17, 15) is 4.79 Å². The summed E-state index contributed by atoms with van der Waals surface area (Å²) in [5.41, 5.74) is 1.23. The van der Waals surface area contributed by atoms with Gasteiger partial charge in [0.05, 0.1) is 18.3 Å². The van der Waals surface area contributed by atoms with Crippen molar-refractivity contribution < 1.29 is 14.3 Å². The van der Waals surface area contributed by atoms with Crippen LogP contribution in [-0.4, -0.2) is 36.4 Å². The van der Waals surface area contributed by atoms with Crippen LogP contribution in [0.1, 0.15) is 45.1 Å². The number of ether oxygens (including phenoxy) is 2. The average Bonchev–Trinajstić information content (AvgIpc) is 2.86. The molecule has 2 bridgehead atoms. The van der Waals surface area contributed by atoms with E-state index in [2.05, 4.69) is 17.4 Å². The van der Waals surface area contributed by atoms with Crippen molar-refractivity contribution in [2.24, 2.45) is 0 Å². The topological polar surface area (TPSA) is 47.6 Å². The van der Waals surface area contributed by atoms with Crippen molar-refractivity contribution in [1.82, 2.24) is 5.32 Å². The van der Waals surface area contributed by atoms with E-state index < -0.39 is 6.10 Å². The molecule has 23 heavy (non-hydrogen) atoms. The first-order chi connectivity index (χ1) is 11.1. The smallest absolute Gasteiger partial charge is 0.249 e. The van der Waals surface area contributed by atoms with Crippen LogP contribution in [0.5, 0.6) is 0 Å². The third-order valence-corrected chi connectivity index (χ3v) is 4.79. The van der Waals surface area contributed by atoms with Gasteiger partial charge in [0.2, 0.25) is 5.91 Å². The molecule has 4 unspecified atom stereocenters. The molecular formula is C19H27NO3. The number of nitrogens with one attached hydrogen (secondary N) is 1. The number of rotatable bonds is 6. The molecule has 5 atom stereocenters. The molecule has 126 valence electrons. The van der Waals surface area contributed by atoms with Crippen molar-refractivity contribution in [2.45, 2.75) is 76.4 Å². The van der Waals surface area contributed by atoms with Crippen molar-refractivity contribution in [2.75, 3.05) is 0 Å². The second-order valence-corrected chi connectivity index (χ2v) is 6.93. The van der Waals surface area contributed by atoms with Gasteiger partial charge in [0.15, 0.2) is 0 Å². The maximum absolute atomic E-state index is 12.3. The van der Waals surface area contributed by atoms with E-state index in [0.29, 0.717) is 12.2 Å². The Kier molecular flexibility index (Phi) is 5.34. The minimum atomic E-state index is -0.407. The molecule has 2 heterocycles. The fourth-order valence-electron chi connectivity index (χ4n) is 3.65. The van der Waals surface area contributed by atoms with Gasteiger partial charge in [0, 0.05) is 6.04 Å². The van der Waals surface area contributed by atoms with Gasteiger partial charge in [-0.1, -0.05) is 30.3 Å². The largest absolute Gasteiger partial charge is 0.375 e. The fourth-order valence-corrected chi connectivity index (χ4v) is 3.65. The summed E-state index contributed by atoms with van der Waals surface area (Å²) in [5.74, 6) is -0.0210. The van der Waals surface area contributed by atoms with Gasteiger partial charge in [-0.25, -0.2) is 0 Å². The maximum atomic E-state index is 12.3. The number of carbonyl (C=O) groups is 1. The number of carbonyl (C=O) groups excluding carboxylic acids is 1. The third-order valence-electron chi connectivity index (χ3n) is 4.79. The summed E-state index contributed by atoms with van der Waals surface area (Å²) in [6.45, 7) is 3.88. The molecule has 1 aromatic carbocycles. The number of benzene rings is 1. The summed E-state index contributed by atoms with van der Waals surface area (Å²) in [6, 6.07) is 10.3. The summed E-state index contributed by atoms with van der Waals surface area (Å²) in [5, 5.41) is 3.06. The van der Waals surface area contributed by atoms with Gasteiger partial charge in [-0.15, -0.1) is 0 Å². The molecule has 2 saturated heterocycles. The van der Waals surface area contributed by atoms with Crippen molar-refractivity contribution in [1.29, 1.82) is 0 Å². The van der Waals surface area contributed by atoms with Crippen LogP contribution in [0.4, 0.5) is 0 Å². The van der Waals surface area contributed by atoms with E-state index in [0.717, 1.165) is 32.1 Å². The van der Waals surface area contributed by atoms with Crippen molar-refractivity contribution in [3.63, 3.8) is 0 Å². The first-order valence-corrected chi connectivity index (χ1v) is 8.75. The van der Waals surface area contributed by atoms with Gasteiger partial charge < -0.3 is 14.8 Å². The molecule has 1 aromatic rings. The second-order valence-electron chi connectivity index (χ2n) is 6.93. The number of amides is 1. The molecule has 0 radical (unpaired) electrons. The van der Waals surface area contributed by atoms with Gasteiger partial charge >= 0.3 is 0 Å². The van der Waals surface area contributed by atoms with Crippen molar-refractivity contribution >= 4 is 5.91 Å². The highest BCUT2D eigenvalue weighted by Gasteiger charge is 2.36. The van der Waals surface area contributed by atoms with Crippen LogP contribution in [0, 0.1) is 0 Å². The predicted molar refractivity (Wildman–Crippen MR) is 89.2 cm³/mol. The summed E-state index contributed by atoms with van der Waals surface area (Å²) >= 11 is 0. The SMILES string of the molecule is CC(Cc1ccccc1)NC(=O)C(C)OC1CC2CC[C@@H](C1)O2. The molecule has 1 N–H and O–H groups in total. The van der Waals surface area contributed by atoms with Gasteiger partial charge in [-0.05, 0) is 51.5 Å². The maximum Gasteiger partial charge on any atom is 0.249 e. The zero-order valence-corrected chi connectivity index (χ0v) is 14.0. The van der Waals surface area contributed by atoms with Crippen molar-refractivity contribution in [3.05, 3.63) is 35.9 Å². The summed E-state index contributed by atoms with van der Waals surface area (Å²) in [4.78, 5) is 12.3. The fraction of sp³-hybridized carbons (Fsp3) is 0.632. The monoisotopic (exact) mass is 317 g/mol. The van der Waals surface area contributed by atoms with Gasteiger partial charge in [0.1, 0.15) is 6.10 Å². The van der Waals surface area contributed by atoms with Gasteiger partial charge in [-0.3, -0.25) is 4.79 Å². The molecule has 3 rings (SSSR count). The summed E-state index contributed by atoms with van der Waals surface area (Å²) < 4.78 is 11.8. The Morgan fingerprint density at radius 2 is 1.87 bits per heavy atom. The number of hydrogen-bond acceptors (Lipinski definition) is 3. The molecule has 2 fully saturated rings. The standard InChI is InChI=1S/C19H27NO3/c1-13(10-15-6-4-3-5-7-15)20-19(21)14(2)22-18-11-16-8-9-17(12-18)23-16/h3-7,13-14,16-18H,8-12H2,1-2H3,(H,20,21)/t13?,14?,16-,17?,18?/m0/s1. The Hall–Kier alpha value is -1.39. The molecule has 0 saturated carbocycles. The third kappa shape index (κ3) is 4.55. The van der Waals surface area contributed by atoms with E-state index in [4.69, 9.17) is 9.47 Å². The average molecular weight is 317 g/mol. The van der Waals surface area contributed by atoms with E-state index in [1.807, 2.05) is 32.0 Å². The molecule has 0 spiro atoms. The summed E-state index contributed by atoms with van der Waals surface area (Å²) in [7, 11) is 0. The normalized spacial score (nSPS) is 29.0. The highest BCUT2D eigenvalue weighted by Crippen LogP contribution is 2.34. The zero-order chi connectivity index (χ0) is 16.2. The highest BCUT2D eigenvalue weighted by atomic mass is 16.5. The Morgan fingerprint density at radius 3 is 2.52 bits per heavy atom. The molecule has 1 amide bonds. The van der Waals surface area contributed by atoms with Gasteiger partial charge in [0.25, 0.3) is 0 Å². The Labute approximate surface area is 138 Å². The lowest BCUT2D eigenvalue weighted by Gasteiger charge is -2.30. The Balaban J connectivity index is 1.44. The second kappa shape index (κ2) is 7.45. The van der Waals surface area contributed by atoms with E-state index in [-0.39, 0.29) is 18.1 Å². The van der Waals surface area contributed by atoms with Crippen LogP contribution in [0.25, 0.3) is 0 Å². The van der Waals surface area contributed by atoms with Gasteiger partial charge in [-0.2, -0.15) is 0 Å². The first kappa shape index (κ1) is 16.5. The molecular weight excluding hydrogens is 290 g/mol. The molecule has 2 aliphatic rings. The molecule has 4 nitrogen and oxygen atoms in total. The Morgan fingerprint density at radius 1 is 1.22 bits per heavy atom. The predicted octanol–water partition coefficient (Wildman–Crippen LogP) is 2.85. The van der Waals surface area contributed by atoms with Crippen LogP contribution in [0.2, 0.25) is 0 Å². The lowest BCUT2D eigenvalue weighted by molar-refractivity contribution is -0.144. The van der Waals surface area contributed by atoms with Crippen LogP contribution < -0.4 is 5.32 Å². The van der Waals surface area contributed by atoms with Crippen LogP contribution in [-0.2, 0) is 20.7 Å². The molecule has 2 aliphatic heterocycles. The quantitative estimate of drug-likeness (QED) is 0.877. The highest BCUT2D eigenvalue weighted by molar-refractivity contribution is 5.80. The zero-order valence-electron chi connectivity index (χ0n) is 14.0. The minimum absolute atomic E-state index is 0.0210. The lowest BCUT2D eigenvalue weighted by Crippen LogP contribution is -2.43. The van der Waals surface area contributed by atoms with Crippen LogP contribution >= 0.6 is 0 Å². The van der Waals surface area contributed by atoms with Crippen LogP contribution in [0.3, 0.4) is 0 Å². The Bertz CT molecular complexity index is 507. The molecule has 4 heteroatoms. The summed E-state index contributed by atoms with van der Waals surface area (Å²) in [6.07, 6.45) is 5.39. The number of hydrogen-bond donors (Lipinski definition) is 1. The molecule has 0 aromatic heterocycles. The lowest BCUT2D eigenvalue weighted by atomic mass is 10.1. The molecule has 0 aliphatic carbocycles. The first-order valence-electron chi connectivity index (χ1n) is 8.75.